The van der Waals surface area contributed by atoms with E-state index in [-0.39, 0.29) is 6.42 Å². The second-order valence-electron chi connectivity index (χ2n) is 3.68. The van der Waals surface area contributed by atoms with Crippen LogP contribution in [0.25, 0.3) is 0 Å². The van der Waals surface area contributed by atoms with Crippen molar-refractivity contribution in [3.05, 3.63) is 48.1 Å². The summed E-state index contributed by atoms with van der Waals surface area (Å²) in [5, 5.41) is 0. The van der Waals surface area contributed by atoms with Crippen molar-refractivity contribution in [3.63, 3.8) is 0 Å². The van der Waals surface area contributed by atoms with Crippen molar-refractivity contribution in [2.45, 2.75) is 32.9 Å². The lowest BCUT2D eigenvalue weighted by Gasteiger charge is -2.10. The van der Waals surface area contributed by atoms with E-state index < -0.39 is 12.6 Å². The molecular weight excluding hydrogens is 213 g/mol. The van der Waals surface area contributed by atoms with E-state index >= 15 is 0 Å². The fourth-order valence-electron chi connectivity index (χ4n) is 1.28. The smallest absolute Gasteiger partial charge is 0.171 e. The Kier molecular flexibility index (Phi) is 5.86. The largest absolute Gasteiger partial charge is 0.389 e. The molecule has 0 unspecified atom stereocenters. The molecule has 0 nitrogen and oxygen atoms in total. The summed E-state index contributed by atoms with van der Waals surface area (Å²) in [6, 6.07) is 0. The highest BCUT2D eigenvalue weighted by Gasteiger charge is 2.26. The van der Waals surface area contributed by atoms with Crippen LogP contribution in [-0.2, 0) is 0 Å². The molecule has 0 aliphatic rings. The molecule has 0 aliphatic heterocycles. The SMILES string of the molecule is C=C/C=C\C(C(=C)C)=C(/C)CCC(F)(F)F. The Morgan fingerprint density at radius 3 is 2.19 bits per heavy atom. The third-order valence-corrected chi connectivity index (χ3v) is 2.10. The van der Waals surface area contributed by atoms with Gasteiger partial charge in [0.2, 0.25) is 0 Å². The Labute approximate surface area is 94.9 Å². The summed E-state index contributed by atoms with van der Waals surface area (Å²) in [5.41, 5.74) is 2.23. The summed E-state index contributed by atoms with van der Waals surface area (Å²) in [6.45, 7) is 10.7. The normalized spacial score (nSPS) is 13.8. The van der Waals surface area contributed by atoms with Crippen molar-refractivity contribution in [2.75, 3.05) is 0 Å². The lowest BCUT2D eigenvalue weighted by atomic mass is 9.99. The van der Waals surface area contributed by atoms with E-state index in [0.717, 1.165) is 11.1 Å². The van der Waals surface area contributed by atoms with Crippen LogP contribution in [0.1, 0.15) is 26.7 Å². The van der Waals surface area contributed by atoms with Gasteiger partial charge in [0.15, 0.2) is 0 Å². The lowest BCUT2D eigenvalue weighted by Crippen LogP contribution is -2.07. The maximum absolute atomic E-state index is 12.1. The van der Waals surface area contributed by atoms with E-state index in [1.54, 1.807) is 32.1 Å². The van der Waals surface area contributed by atoms with Crippen molar-refractivity contribution < 1.29 is 13.2 Å². The number of alkyl halides is 3. The molecule has 0 saturated heterocycles. The van der Waals surface area contributed by atoms with Crippen LogP contribution in [0, 0.1) is 0 Å². The second kappa shape index (κ2) is 6.36. The first-order chi connectivity index (χ1) is 7.28. The zero-order chi connectivity index (χ0) is 12.8. The summed E-state index contributed by atoms with van der Waals surface area (Å²) < 4.78 is 36.2. The van der Waals surface area contributed by atoms with Gasteiger partial charge in [0.25, 0.3) is 0 Å². The van der Waals surface area contributed by atoms with E-state index in [9.17, 15) is 13.2 Å². The molecule has 0 saturated carbocycles. The van der Waals surface area contributed by atoms with Gasteiger partial charge in [-0.05, 0) is 25.8 Å². The van der Waals surface area contributed by atoms with E-state index in [0.29, 0.717) is 5.57 Å². The molecule has 0 rings (SSSR count). The lowest BCUT2D eigenvalue weighted by molar-refractivity contribution is -0.133. The van der Waals surface area contributed by atoms with Crippen LogP contribution in [0.4, 0.5) is 13.2 Å². The van der Waals surface area contributed by atoms with Gasteiger partial charge < -0.3 is 0 Å². The van der Waals surface area contributed by atoms with Gasteiger partial charge >= 0.3 is 6.18 Å². The van der Waals surface area contributed by atoms with Crippen LogP contribution in [0.2, 0.25) is 0 Å². The predicted molar refractivity (Wildman–Crippen MR) is 62.1 cm³/mol. The van der Waals surface area contributed by atoms with Crippen molar-refractivity contribution in [1.29, 1.82) is 0 Å². The molecule has 0 radical (unpaired) electrons. The van der Waals surface area contributed by atoms with Crippen LogP contribution in [0.5, 0.6) is 0 Å². The zero-order valence-electron chi connectivity index (χ0n) is 9.69. The fourth-order valence-corrected chi connectivity index (χ4v) is 1.28. The number of hydrogen-bond donors (Lipinski definition) is 0. The Bertz CT molecular complexity index is 317. The van der Waals surface area contributed by atoms with Crippen molar-refractivity contribution in [2.24, 2.45) is 0 Å². The highest BCUT2D eigenvalue weighted by Crippen LogP contribution is 2.26. The van der Waals surface area contributed by atoms with Gasteiger partial charge in [-0.15, -0.1) is 0 Å². The molecule has 0 spiro atoms. The molecule has 0 aromatic rings. The maximum Gasteiger partial charge on any atom is 0.389 e. The van der Waals surface area contributed by atoms with Crippen LogP contribution in [0.15, 0.2) is 48.1 Å². The van der Waals surface area contributed by atoms with E-state index in [4.69, 9.17) is 0 Å². The van der Waals surface area contributed by atoms with Gasteiger partial charge in [-0.3, -0.25) is 0 Å². The third-order valence-electron chi connectivity index (χ3n) is 2.10. The average Bonchev–Trinajstić information content (AvgIpc) is 2.13. The van der Waals surface area contributed by atoms with Crippen molar-refractivity contribution >= 4 is 0 Å². The van der Waals surface area contributed by atoms with Crippen LogP contribution in [0.3, 0.4) is 0 Å². The molecule has 0 aromatic carbocycles. The molecule has 0 bridgehead atoms. The average molecular weight is 230 g/mol. The number of rotatable bonds is 5. The summed E-state index contributed by atoms with van der Waals surface area (Å²) in [5.74, 6) is 0. The summed E-state index contributed by atoms with van der Waals surface area (Å²) in [6.07, 6.45) is 0.121. The minimum Gasteiger partial charge on any atom is -0.171 e. The Morgan fingerprint density at radius 2 is 1.81 bits per heavy atom. The van der Waals surface area contributed by atoms with Crippen LogP contribution >= 0.6 is 0 Å². The van der Waals surface area contributed by atoms with E-state index in [2.05, 4.69) is 13.2 Å². The van der Waals surface area contributed by atoms with Crippen LogP contribution < -0.4 is 0 Å². The summed E-state index contributed by atoms with van der Waals surface area (Å²) in [7, 11) is 0. The first-order valence-corrected chi connectivity index (χ1v) is 4.99. The summed E-state index contributed by atoms with van der Waals surface area (Å²) in [4.78, 5) is 0. The second-order valence-corrected chi connectivity index (χ2v) is 3.68. The molecular formula is C13H17F3. The standard InChI is InChI=1S/C13H17F3/c1-5-6-7-12(10(2)3)11(4)8-9-13(14,15)16/h5-7H,1-2,8-9H2,3-4H3/b7-6-,12-11-. The van der Waals surface area contributed by atoms with Crippen molar-refractivity contribution in [1.82, 2.24) is 0 Å². The van der Waals surface area contributed by atoms with E-state index in [1.807, 2.05) is 0 Å². The quantitative estimate of drug-likeness (QED) is 0.585. The molecule has 0 aromatic heterocycles. The monoisotopic (exact) mass is 230 g/mol. The molecule has 16 heavy (non-hydrogen) atoms. The van der Waals surface area contributed by atoms with E-state index in [1.165, 1.54) is 0 Å². The Hall–Kier alpha value is -1.25. The molecule has 0 atom stereocenters. The van der Waals surface area contributed by atoms with Gasteiger partial charge in [0, 0.05) is 6.42 Å². The topological polar surface area (TPSA) is 0 Å². The first-order valence-electron chi connectivity index (χ1n) is 4.99. The number of halogens is 3. The van der Waals surface area contributed by atoms with Crippen molar-refractivity contribution in [3.8, 4) is 0 Å². The van der Waals surface area contributed by atoms with Gasteiger partial charge in [-0.1, -0.05) is 42.5 Å². The molecule has 0 N–H and O–H groups in total. The maximum atomic E-state index is 12.1. The predicted octanol–water partition coefficient (Wildman–Crippen LogP) is 4.96. The minimum atomic E-state index is -4.11. The van der Waals surface area contributed by atoms with Crippen LogP contribution in [-0.4, -0.2) is 6.18 Å². The Balaban J connectivity index is 4.78. The molecule has 0 aliphatic carbocycles. The highest BCUT2D eigenvalue weighted by atomic mass is 19.4. The summed E-state index contributed by atoms with van der Waals surface area (Å²) >= 11 is 0. The van der Waals surface area contributed by atoms with Gasteiger partial charge in [-0.25, -0.2) is 0 Å². The van der Waals surface area contributed by atoms with Gasteiger partial charge in [0.1, 0.15) is 0 Å². The van der Waals surface area contributed by atoms with Gasteiger partial charge in [-0.2, -0.15) is 13.2 Å². The Morgan fingerprint density at radius 1 is 1.25 bits per heavy atom. The molecule has 0 heterocycles. The first kappa shape index (κ1) is 14.8. The fraction of sp³-hybridized carbons (Fsp3) is 0.385. The zero-order valence-corrected chi connectivity index (χ0v) is 9.69. The number of allylic oxidation sites excluding steroid dienone is 6. The molecule has 3 heteroatoms. The highest BCUT2D eigenvalue weighted by molar-refractivity contribution is 5.41. The minimum absolute atomic E-state index is 0.00712. The van der Waals surface area contributed by atoms with Gasteiger partial charge in [0.05, 0.1) is 0 Å². The molecule has 0 fully saturated rings. The number of hydrogen-bond acceptors (Lipinski definition) is 0. The molecule has 90 valence electrons. The third kappa shape index (κ3) is 6.27. The molecule has 0 amide bonds.